The lowest BCUT2D eigenvalue weighted by molar-refractivity contribution is 0.414. The Kier molecular flexibility index (Phi) is 6.20. The predicted molar refractivity (Wildman–Crippen MR) is 101 cm³/mol. The number of ether oxygens (including phenoxy) is 1. The van der Waals surface area contributed by atoms with Gasteiger partial charge in [0.05, 0.1) is 12.0 Å². The number of sulfonamides is 1. The van der Waals surface area contributed by atoms with Gasteiger partial charge in [-0.05, 0) is 57.2 Å². The Hall–Kier alpha value is -2.34. The van der Waals surface area contributed by atoms with Crippen molar-refractivity contribution in [3.63, 3.8) is 0 Å². The minimum atomic E-state index is -3.79. The zero-order valence-electron chi connectivity index (χ0n) is 15.1. The van der Waals surface area contributed by atoms with E-state index in [9.17, 15) is 8.42 Å². The molecule has 2 rings (SSSR count). The van der Waals surface area contributed by atoms with E-state index in [0.29, 0.717) is 24.7 Å². The molecule has 0 atom stereocenters. The lowest BCUT2D eigenvalue weighted by atomic mass is 10.2. The lowest BCUT2D eigenvalue weighted by Crippen LogP contribution is -2.32. The molecule has 0 N–H and O–H groups in total. The average Bonchev–Trinajstić information content (AvgIpc) is 2.62. The summed E-state index contributed by atoms with van der Waals surface area (Å²) < 4.78 is 34.8. The van der Waals surface area contributed by atoms with Crippen LogP contribution in [0.25, 0.3) is 0 Å². The van der Waals surface area contributed by atoms with Crippen LogP contribution in [0.2, 0.25) is 0 Å². The third-order valence-corrected chi connectivity index (χ3v) is 5.22. The highest BCUT2D eigenvalue weighted by Gasteiger charge is 2.18. The van der Waals surface area contributed by atoms with E-state index in [-0.39, 0.29) is 4.90 Å². The van der Waals surface area contributed by atoms with E-state index in [2.05, 4.69) is 4.40 Å². The number of methoxy groups -OCH3 is 1. The van der Waals surface area contributed by atoms with Crippen LogP contribution in [0.5, 0.6) is 5.75 Å². The molecule has 0 aliphatic rings. The van der Waals surface area contributed by atoms with Crippen molar-refractivity contribution < 1.29 is 13.2 Å². The van der Waals surface area contributed by atoms with Crippen LogP contribution >= 0.6 is 0 Å². The number of nitrogens with zero attached hydrogens (tertiary/aromatic N) is 2. The van der Waals surface area contributed by atoms with Gasteiger partial charge in [0.2, 0.25) is 0 Å². The SMILES string of the molecule is CCN(CC)/C(=N/S(=O)(=O)c1ccc(C)cc1)c1ccc(OC)cc1. The van der Waals surface area contributed by atoms with Gasteiger partial charge in [0.25, 0.3) is 10.0 Å². The molecule has 0 saturated carbocycles. The maximum atomic E-state index is 12.7. The van der Waals surface area contributed by atoms with Gasteiger partial charge in [0.1, 0.15) is 11.6 Å². The molecule has 6 heteroatoms. The molecule has 2 aromatic rings. The van der Waals surface area contributed by atoms with Gasteiger partial charge >= 0.3 is 0 Å². The first kappa shape index (κ1) is 19.0. The summed E-state index contributed by atoms with van der Waals surface area (Å²) >= 11 is 0. The molecule has 5 nitrogen and oxygen atoms in total. The second-order valence-corrected chi connectivity index (χ2v) is 7.21. The highest BCUT2D eigenvalue weighted by Crippen LogP contribution is 2.18. The number of amidine groups is 1. The van der Waals surface area contributed by atoms with Crippen LogP contribution in [-0.4, -0.2) is 39.4 Å². The van der Waals surface area contributed by atoms with Crippen LogP contribution in [0.1, 0.15) is 25.0 Å². The summed E-state index contributed by atoms with van der Waals surface area (Å²) in [6.45, 7) is 7.18. The highest BCUT2D eigenvalue weighted by molar-refractivity contribution is 7.90. The Morgan fingerprint density at radius 1 is 1.00 bits per heavy atom. The third kappa shape index (κ3) is 4.60. The molecule has 0 aliphatic carbocycles. The average molecular weight is 360 g/mol. The first-order valence-electron chi connectivity index (χ1n) is 8.22. The fourth-order valence-corrected chi connectivity index (χ4v) is 3.47. The summed E-state index contributed by atoms with van der Waals surface area (Å²) in [5.41, 5.74) is 1.74. The van der Waals surface area contributed by atoms with Crippen molar-refractivity contribution in [3.8, 4) is 5.75 Å². The number of aryl methyl sites for hydroxylation is 1. The molecule has 0 aromatic heterocycles. The summed E-state index contributed by atoms with van der Waals surface area (Å²) in [7, 11) is -2.20. The molecule has 0 saturated heterocycles. The quantitative estimate of drug-likeness (QED) is 0.584. The summed E-state index contributed by atoms with van der Waals surface area (Å²) in [6, 6.07) is 13.9. The number of hydrogen-bond acceptors (Lipinski definition) is 3. The summed E-state index contributed by atoms with van der Waals surface area (Å²) in [4.78, 5) is 2.12. The van der Waals surface area contributed by atoms with Crippen molar-refractivity contribution >= 4 is 15.9 Å². The van der Waals surface area contributed by atoms with E-state index in [0.717, 1.165) is 11.1 Å². The largest absolute Gasteiger partial charge is 0.497 e. The first-order chi connectivity index (χ1) is 11.9. The van der Waals surface area contributed by atoms with Crippen molar-refractivity contribution in [2.45, 2.75) is 25.7 Å². The van der Waals surface area contributed by atoms with Gasteiger partial charge in [-0.25, -0.2) is 0 Å². The van der Waals surface area contributed by atoms with Crippen molar-refractivity contribution in [2.24, 2.45) is 4.40 Å². The zero-order chi connectivity index (χ0) is 18.4. The standard InChI is InChI=1S/C19H24N2O3S/c1-5-21(6-2)19(16-9-11-17(24-4)12-10-16)20-25(22,23)18-13-7-15(3)8-14-18/h7-14H,5-6H2,1-4H3/b20-19+. The number of hydrogen-bond donors (Lipinski definition) is 0. The van der Waals surface area contributed by atoms with Crippen molar-refractivity contribution in [2.75, 3.05) is 20.2 Å². The Balaban J connectivity index is 2.53. The van der Waals surface area contributed by atoms with Crippen LogP contribution < -0.4 is 4.74 Å². The van der Waals surface area contributed by atoms with Crippen molar-refractivity contribution in [1.29, 1.82) is 0 Å². The minimum Gasteiger partial charge on any atom is -0.497 e. The smallest absolute Gasteiger partial charge is 0.284 e. The van der Waals surface area contributed by atoms with E-state index in [4.69, 9.17) is 4.74 Å². The third-order valence-electron chi connectivity index (χ3n) is 3.94. The zero-order valence-corrected chi connectivity index (χ0v) is 15.9. The van der Waals surface area contributed by atoms with E-state index in [1.165, 1.54) is 0 Å². The summed E-state index contributed by atoms with van der Waals surface area (Å²) in [5.74, 6) is 1.15. The van der Waals surface area contributed by atoms with Gasteiger partial charge in [-0.15, -0.1) is 4.40 Å². The number of rotatable bonds is 6. The molecule has 0 radical (unpaired) electrons. The molecule has 0 unspecified atom stereocenters. The molecule has 2 aromatic carbocycles. The fourth-order valence-electron chi connectivity index (χ4n) is 2.43. The molecule has 134 valence electrons. The van der Waals surface area contributed by atoms with Crippen molar-refractivity contribution in [3.05, 3.63) is 59.7 Å². The minimum absolute atomic E-state index is 0.191. The second-order valence-electron chi connectivity index (χ2n) is 5.60. The molecular weight excluding hydrogens is 336 g/mol. The van der Waals surface area contributed by atoms with E-state index < -0.39 is 10.0 Å². The van der Waals surface area contributed by atoms with Crippen LogP contribution in [-0.2, 0) is 10.0 Å². The Labute approximate surface area is 150 Å². The van der Waals surface area contributed by atoms with Crippen molar-refractivity contribution in [1.82, 2.24) is 4.90 Å². The molecular formula is C19H24N2O3S. The maximum Gasteiger partial charge on any atom is 0.284 e. The molecule has 25 heavy (non-hydrogen) atoms. The molecule has 0 aliphatic heterocycles. The number of benzene rings is 2. The van der Waals surface area contributed by atoms with Gasteiger partial charge in [-0.2, -0.15) is 8.42 Å². The maximum absolute atomic E-state index is 12.7. The van der Waals surface area contributed by atoms with Gasteiger partial charge < -0.3 is 9.64 Å². The first-order valence-corrected chi connectivity index (χ1v) is 9.66. The highest BCUT2D eigenvalue weighted by atomic mass is 32.2. The summed E-state index contributed by atoms with van der Waals surface area (Å²) in [5, 5.41) is 0. The Morgan fingerprint density at radius 2 is 1.56 bits per heavy atom. The Bertz CT molecular complexity index is 822. The van der Waals surface area contributed by atoms with Crippen LogP contribution in [0.4, 0.5) is 0 Å². The Morgan fingerprint density at radius 3 is 2.04 bits per heavy atom. The molecule has 0 amide bonds. The molecule has 0 fully saturated rings. The normalized spacial score (nSPS) is 12.1. The van der Waals surface area contributed by atoms with Crippen LogP contribution in [0.15, 0.2) is 57.8 Å². The monoisotopic (exact) mass is 360 g/mol. The topological polar surface area (TPSA) is 59.0 Å². The van der Waals surface area contributed by atoms with Crippen LogP contribution in [0.3, 0.4) is 0 Å². The van der Waals surface area contributed by atoms with E-state index >= 15 is 0 Å². The lowest BCUT2D eigenvalue weighted by Gasteiger charge is -2.23. The van der Waals surface area contributed by atoms with E-state index in [1.54, 1.807) is 43.5 Å². The molecule has 0 heterocycles. The predicted octanol–water partition coefficient (Wildman–Crippen LogP) is 3.48. The second kappa shape index (κ2) is 8.16. The van der Waals surface area contributed by atoms with Crippen LogP contribution in [0, 0.1) is 6.92 Å². The van der Waals surface area contributed by atoms with E-state index in [1.807, 2.05) is 37.8 Å². The van der Waals surface area contributed by atoms with Gasteiger partial charge in [-0.1, -0.05) is 17.7 Å². The van der Waals surface area contributed by atoms with Gasteiger partial charge in [-0.3, -0.25) is 0 Å². The summed E-state index contributed by atoms with van der Waals surface area (Å²) in [6.07, 6.45) is 0. The van der Waals surface area contributed by atoms with Gasteiger partial charge in [0, 0.05) is 18.7 Å². The van der Waals surface area contributed by atoms with Gasteiger partial charge in [0.15, 0.2) is 0 Å². The molecule has 0 spiro atoms. The molecule has 0 bridgehead atoms. The fraction of sp³-hybridized carbons (Fsp3) is 0.316.